The Hall–Kier alpha value is -0.760. The van der Waals surface area contributed by atoms with Crippen molar-refractivity contribution in [1.82, 2.24) is 4.90 Å². The second-order valence-electron chi connectivity index (χ2n) is 4.23. The van der Waals surface area contributed by atoms with E-state index in [9.17, 15) is 4.79 Å². The highest BCUT2D eigenvalue weighted by Gasteiger charge is 2.21. The SMILES string of the molecule is O=CN1CCC(C2=CC[C@@H](Cl)C=C2)CC1. The van der Waals surface area contributed by atoms with Crippen molar-refractivity contribution in [2.24, 2.45) is 5.92 Å². The van der Waals surface area contributed by atoms with E-state index in [1.807, 2.05) is 4.90 Å². The summed E-state index contributed by atoms with van der Waals surface area (Å²) in [5.41, 5.74) is 1.41. The van der Waals surface area contributed by atoms with E-state index in [1.165, 1.54) is 5.57 Å². The maximum atomic E-state index is 10.6. The molecule has 0 radical (unpaired) electrons. The maximum Gasteiger partial charge on any atom is 0.209 e. The molecule has 0 N–H and O–H groups in total. The summed E-state index contributed by atoms with van der Waals surface area (Å²) in [6.45, 7) is 1.79. The normalized spacial score (nSPS) is 27.7. The van der Waals surface area contributed by atoms with Gasteiger partial charge in [0, 0.05) is 13.1 Å². The summed E-state index contributed by atoms with van der Waals surface area (Å²) in [6, 6.07) is 0. The minimum absolute atomic E-state index is 0.170. The number of carbonyl (C=O) groups is 1. The van der Waals surface area contributed by atoms with Crippen LogP contribution in [0, 0.1) is 5.92 Å². The highest BCUT2D eigenvalue weighted by molar-refractivity contribution is 6.22. The summed E-state index contributed by atoms with van der Waals surface area (Å²) < 4.78 is 0. The average Bonchev–Trinajstić information content (AvgIpc) is 2.30. The van der Waals surface area contributed by atoms with Gasteiger partial charge in [-0.3, -0.25) is 4.79 Å². The predicted octanol–water partition coefficient (Wildman–Crippen LogP) is 2.35. The fourth-order valence-corrected chi connectivity index (χ4v) is 2.41. The number of amides is 1. The van der Waals surface area contributed by atoms with E-state index in [0.717, 1.165) is 38.8 Å². The molecule has 0 saturated carbocycles. The third kappa shape index (κ3) is 2.63. The lowest BCUT2D eigenvalue weighted by Crippen LogP contribution is -2.33. The van der Waals surface area contributed by atoms with Gasteiger partial charge in [0.2, 0.25) is 6.41 Å². The zero-order valence-electron chi connectivity index (χ0n) is 8.73. The molecule has 1 saturated heterocycles. The van der Waals surface area contributed by atoms with Gasteiger partial charge in [0.05, 0.1) is 5.38 Å². The number of likely N-dealkylation sites (tertiary alicyclic amines) is 1. The van der Waals surface area contributed by atoms with Crippen LogP contribution < -0.4 is 0 Å². The largest absolute Gasteiger partial charge is 0.345 e. The molecule has 15 heavy (non-hydrogen) atoms. The Bertz CT molecular complexity index is 290. The third-order valence-corrected chi connectivity index (χ3v) is 3.55. The third-order valence-electron chi connectivity index (χ3n) is 3.23. The number of halogens is 1. The van der Waals surface area contributed by atoms with Gasteiger partial charge in [0.25, 0.3) is 0 Å². The van der Waals surface area contributed by atoms with E-state index in [1.54, 1.807) is 0 Å². The molecule has 0 aromatic carbocycles. The molecule has 1 heterocycles. The Balaban J connectivity index is 1.91. The van der Waals surface area contributed by atoms with Crippen LogP contribution in [0.25, 0.3) is 0 Å². The smallest absolute Gasteiger partial charge is 0.209 e. The van der Waals surface area contributed by atoms with E-state index in [-0.39, 0.29) is 5.38 Å². The fraction of sp³-hybridized carbons (Fsp3) is 0.583. The Kier molecular flexibility index (Phi) is 3.47. The minimum Gasteiger partial charge on any atom is -0.345 e. The van der Waals surface area contributed by atoms with Crippen LogP contribution in [0.5, 0.6) is 0 Å². The zero-order chi connectivity index (χ0) is 10.7. The summed E-state index contributed by atoms with van der Waals surface area (Å²) in [4.78, 5) is 12.4. The van der Waals surface area contributed by atoms with Crippen molar-refractivity contribution in [1.29, 1.82) is 0 Å². The minimum atomic E-state index is 0.170. The molecule has 0 aromatic heterocycles. The molecule has 1 amide bonds. The van der Waals surface area contributed by atoms with Crippen LogP contribution in [0.4, 0.5) is 0 Å². The highest BCUT2D eigenvalue weighted by Crippen LogP contribution is 2.28. The number of allylic oxidation sites excluding steroid dienone is 4. The first-order valence-electron chi connectivity index (χ1n) is 5.51. The molecular formula is C12H16ClNO. The van der Waals surface area contributed by atoms with Gasteiger partial charge in [-0.25, -0.2) is 0 Å². The van der Waals surface area contributed by atoms with E-state index in [4.69, 9.17) is 11.6 Å². The topological polar surface area (TPSA) is 20.3 Å². The molecule has 0 unspecified atom stereocenters. The van der Waals surface area contributed by atoms with Gasteiger partial charge in [-0.15, -0.1) is 11.6 Å². The summed E-state index contributed by atoms with van der Waals surface area (Å²) in [6.07, 6.45) is 10.5. The number of alkyl halides is 1. The molecule has 0 bridgehead atoms. The molecule has 2 rings (SSSR count). The number of piperidine rings is 1. The Labute approximate surface area is 95.6 Å². The van der Waals surface area contributed by atoms with Gasteiger partial charge in [-0.05, 0) is 30.8 Å². The summed E-state index contributed by atoms with van der Waals surface area (Å²) in [7, 11) is 0. The number of rotatable bonds is 2. The molecule has 1 aliphatic heterocycles. The quantitative estimate of drug-likeness (QED) is 0.522. The second-order valence-corrected chi connectivity index (χ2v) is 4.79. The van der Waals surface area contributed by atoms with Gasteiger partial charge in [-0.1, -0.05) is 18.2 Å². The van der Waals surface area contributed by atoms with Crippen molar-refractivity contribution in [3.8, 4) is 0 Å². The van der Waals surface area contributed by atoms with Crippen LogP contribution in [0.2, 0.25) is 0 Å². The molecule has 0 spiro atoms. The van der Waals surface area contributed by atoms with E-state index >= 15 is 0 Å². The molecule has 82 valence electrons. The number of nitrogens with zero attached hydrogens (tertiary/aromatic N) is 1. The van der Waals surface area contributed by atoms with Crippen LogP contribution in [-0.4, -0.2) is 29.8 Å². The van der Waals surface area contributed by atoms with Crippen molar-refractivity contribution in [2.75, 3.05) is 13.1 Å². The van der Waals surface area contributed by atoms with Crippen molar-refractivity contribution >= 4 is 18.0 Å². The lowest BCUT2D eigenvalue weighted by atomic mass is 9.86. The number of hydrogen-bond donors (Lipinski definition) is 0. The van der Waals surface area contributed by atoms with E-state index in [0.29, 0.717) is 5.92 Å². The first kappa shape index (κ1) is 10.7. The van der Waals surface area contributed by atoms with Crippen molar-refractivity contribution < 1.29 is 4.79 Å². The van der Waals surface area contributed by atoms with Gasteiger partial charge in [-0.2, -0.15) is 0 Å². The standard InChI is InChI=1S/C12H16ClNO/c13-12-3-1-10(2-4-12)11-5-7-14(9-15)8-6-11/h1-3,9,11-12H,4-8H2/t12-/m0/s1. The van der Waals surface area contributed by atoms with Crippen molar-refractivity contribution in [3.05, 3.63) is 23.8 Å². The predicted molar refractivity (Wildman–Crippen MR) is 61.8 cm³/mol. The first-order chi connectivity index (χ1) is 7.29. The van der Waals surface area contributed by atoms with Gasteiger partial charge in [0.1, 0.15) is 0 Å². The van der Waals surface area contributed by atoms with E-state index < -0.39 is 0 Å². The number of hydrogen-bond acceptors (Lipinski definition) is 1. The Morgan fingerprint density at radius 2 is 2.13 bits per heavy atom. The molecular weight excluding hydrogens is 210 g/mol. The maximum absolute atomic E-state index is 10.6. The van der Waals surface area contributed by atoms with E-state index in [2.05, 4.69) is 18.2 Å². The first-order valence-corrected chi connectivity index (χ1v) is 5.95. The average molecular weight is 226 g/mol. The molecule has 2 nitrogen and oxygen atoms in total. The number of carbonyl (C=O) groups excluding carboxylic acids is 1. The fourth-order valence-electron chi connectivity index (χ4n) is 2.25. The lowest BCUT2D eigenvalue weighted by Gasteiger charge is -2.30. The molecule has 1 aliphatic carbocycles. The highest BCUT2D eigenvalue weighted by atomic mass is 35.5. The van der Waals surface area contributed by atoms with Crippen molar-refractivity contribution in [2.45, 2.75) is 24.6 Å². The molecule has 2 aliphatic rings. The summed E-state index contributed by atoms with van der Waals surface area (Å²) in [5.74, 6) is 0.626. The Morgan fingerprint density at radius 1 is 1.40 bits per heavy atom. The lowest BCUT2D eigenvalue weighted by molar-refractivity contribution is -0.119. The van der Waals surface area contributed by atoms with Gasteiger partial charge < -0.3 is 4.90 Å². The van der Waals surface area contributed by atoms with Gasteiger partial charge in [0.15, 0.2) is 0 Å². The monoisotopic (exact) mass is 225 g/mol. The van der Waals surface area contributed by atoms with Crippen LogP contribution in [0.1, 0.15) is 19.3 Å². The summed E-state index contributed by atoms with van der Waals surface area (Å²) >= 11 is 5.98. The Morgan fingerprint density at radius 3 is 2.67 bits per heavy atom. The molecule has 3 heteroatoms. The van der Waals surface area contributed by atoms with Crippen LogP contribution in [-0.2, 0) is 4.79 Å². The van der Waals surface area contributed by atoms with Crippen LogP contribution >= 0.6 is 11.6 Å². The molecule has 1 atom stereocenters. The summed E-state index contributed by atoms with van der Waals surface area (Å²) in [5, 5.41) is 0.170. The molecule has 1 fully saturated rings. The van der Waals surface area contributed by atoms with Gasteiger partial charge >= 0.3 is 0 Å². The van der Waals surface area contributed by atoms with Crippen LogP contribution in [0.3, 0.4) is 0 Å². The second kappa shape index (κ2) is 4.84. The molecule has 0 aromatic rings. The van der Waals surface area contributed by atoms with Crippen LogP contribution in [0.15, 0.2) is 23.8 Å². The zero-order valence-corrected chi connectivity index (χ0v) is 9.49. The van der Waals surface area contributed by atoms with Crippen molar-refractivity contribution in [3.63, 3.8) is 0 Å².